The second-order valence-corrected chi connectivity index (χ2v) is 8.11. The fourth-order valence-electron chi connectivity index (χ4n) is 1.86. The van der Waals surface area contributed by atoms with E-state index in [0.717, 1.165) is 11.3 Å². The molecule has 2 aromatic rings. The van der Waals surface area contributed by atoms with Crippen LogP contribution in [0.2, 0.25) is 0 Å². The standard InChI is InChI=1S/C15H17F2N3O3S2.ClH/c16-15(17,9-18)10-19-13(21)8-11-3-5-12(6-4-11)20-25(22,23)14-2-1-7-24-14;/h1-7,20H,8-10,18H2,(H,19,21);1H. The largest absolute Gasteiger partial charge is 0.350 e. The molecular weight excluding hydrogens is 408 g/mol. The average molecular weight is 426 g/mol. The number of carbonyl (C=O) groups excluding carboxylic acids is 1. The predicted octanol–water partition coefficient (Wildman–Crippen LogP) is 2.22. The van der Waals surface area contributed by atoms with Crippen molar-refractivity contribution in [3.63, 3.8) is 0 Å². The molecular formula is C15H18ClF2N3O3S2. The lowest BCUT2D eigenvalue weighted by molar-refractivity contribution is -0.122. The zero-order valence-electron chi connectivity index (χ0n) is 13.4. The Labute approximate surface area is 160 Å². The van der Waals surface area contributed by atoms with Gasteiger partial charge < -0.3 is 11.1 Å². The van der Waals surface area contributed by atoms with Crippen molar-refractivity contribution < 1.29 is 22.0 Å². The molecule has 0 aliphatic rings. The maximum absolute atomic E-state index is 13.0. The Morgan fingerprint density at radius 1 is 1.19 bits per heavy atom. The van der Waals surface area contributed by atoms with Crippen LogP contribution < -0.4 is 15.8 Å². The summed E-state index contributed by atoms with van der Waals surface area (Å²) in [6, 6.07) is 9.22. The van der Waals surface area contributed by atoms with Gasteiger partial charge in [-0.3, -0.25) is 9.52 Å². The molecule has 1 aromatic carbocycles. The smallest absolute Gasteiger partial charge is 0.277 e. The molecule has 1 aromatic heterocycles. The number of halogens is 3. The van der Waals surface area contributed by atoms with Crippen molar-refractivity contribution in [2.75, 3.05) is 17.8 Å². The van der Waals surface area contributed by atoms with Gasteiger partial charge in [0.2, 0.25) is 5.91 Å². The third-order valence-corrected chi connectivity index (χ3v) is 5.95. The highest BCUT2D eigenvalue weighted by Crippen LogP contribution is 2.20. The zero-order valence-corrected chi connectivity index (χ0v) is 15.9. The molecule has 0 atom stereocenters. The molecule has 0 unspecified atom stereocenters. The Hall–Kier alpha value is -1.75. The SMILES string of the molecule is Cl.NCC(F)(F)CNC(=O)Cc1ccc(NS(=O)(=O)c2cccs2)cc1. The van der Waals surface area contributed by atoms with Gasteiger partial charge in [-0.15, -0.1) is 23.7 Å². The Morgan fingerprint density at radius 3 is 2.38 bits per heavy atom. The maximum atomic E-state index is 13.0. The molecule has 6 nitrogen and oxygen atoms in total. The van der Waals surface area contributed by atoms with Crippen molar-refractivity contribution in [3.8, 4) is 0 Å². The first-order valence-corrected chi connectivity index (χ1v) is 9.58. The van der Waals surface area contributed by atoms with E-state index in [1.54, 1.807) is 23.6 Å². The van der Waals surface area contributed by atoms with E-state index >= 15 is 0 Å². The van der Waals surface area contributed by atoms with E-state index in [2.05, 4.69) is 10.0 Å². The van der Waals surface area contributed by atoms with Crippen LogP contribution in [-0.4, -0.2) is 33.3 Å². The van der Waals surface area contributed by atoms with Gasteiger partial charge in [-0.2, -0.15) is 0 Å². The van der Waals surface area contributed by atoms with Crippen LogP contribution >= 0.6 is 23.7 Å². The van der Waals surface area contributed by atoms with Crippen LogP contribution in [0, 0.1) is 0 Å². The summed E-state index contributed by atoms with van der Waals surface area (Å²) in [6.07, 6.45) is -0.0986. The van der Waals surface area contributed by atoms with Crippen molar-refractivity contribution in [1.82, 2.24) is 5.32 Å². The lowest BCUT2D eigenvalue weighted by Gasteiger charge is -2.14. The van der Waals surface area contributed by atoms with Crippen molar-refractivity contribution in [2.24, 2.45) is 5.73 Å². The summed E-state index contributed by atoms with van der Waals surface area (Å²) in [5, 5.41) is 3.77. The molecule has 0 aliphatic heterocycles. The van der Waals surface area contributed by atoms with Crippen LogP contribution in [0.3, 0.4) is 0 Å². The Morgan fingerprint density at radius 2 is 1.85 bits per heavy atom. The number of hydrogen-bond donors (Lipinski definition) is 3. The molecule has 0 spiro atoms. The molecule has 0 aliphatic carbocycles. The number of amides is 1. The normalized spacial score (nSPS) is 11.5. The number of sulfonamides is 1. The zero-order chi connectivity index (χ0) is 18.5. The minimum atomic E-state index is -3.64. The quantitative estimate of drug-likeness (QED) is 0.603. The van der Waals surface area contributed by atoms with E-state index in [9.17, 15) is 22.0 Å². The molecule has 0 saturated heterocycles. The van der Waals surface area contributed by atoms with Gasteiger partial charge >= 0.3 is 0 Å². The summed E-state index contributed by atoms with van der Waals surface area (Å²) in [7, 11) is -3.64. The molecule has 1 amide bonds. The fraction of sp³-hybridized carbons (Fsp3) is 0.267. The highest BCUT2D eigenvalue weighted by Gasteiger charge is 2.27. The van der Waals surface area contributed by atoms with Crippen LogP contribution in [0.4, 0.5) is 14.5 Å². The molecule has 144 valence electrons. The van der Waals surface area contributed by atoms with Gasteiger partial charge in [-0.25, -0.2) is 17.2 Å². The molecule has 0 fully saturated rings. The third kappa shape index (κ3) is 6.52. The Bertz CT molecular complexity index is 813. The lowest BCUT2D eigenvalue weighted by atomic mass is 10.1. The molecule has 11 heteroatoms. The Balaban J connectivity index is 0.00000338. The number of thiophene rings is 1. The number of rotatable bonds is 8. The number of benzene rings is 1. The van der Waals surface area contributed by atoms with Crippen LogP contribution in [0.25, 0.3) is 0 Å². The first kappa shape index (κ1) is 22.3. The summed E-state index contributed by atoms with van der Waals surface area (Å²) >= 11 is 1.10. The minimum Gasteiger partial charge on any atom is -0.350 e. The van der Waals surface area contributed by atoms with Crippen LogP contribution in [-0.2, 0) is 21.2 Å². The Kier molecular flexibility index (Phi) is 7.94. The number of alkyl halides is 2. The number of carbonyl (C=O) groups is 1. The average Bonchev–Trinajstić information content (AvgIpc) is 3.10. The van der Waals surface area contributed by atoms with E-state index in [1.807, 2.05) is 0 Å². The van der Waals surface area contributed by atoms with Gasteiger partial charge in [0.25, 0.3) is 15.9 Å². The first-order valence-electron chi connectivity index (χ1n) is 7.22. The van der Waals surface area contributed by atoms with Crippen LogP contribution in [0.15, 0.2) is 46.0 Å². The second kappa shape index (κ2) is 9.26. The van der Waals surface area contributed by atoms with Gasteiger partial charge in [0.1, 0.15) is 4.21 Å². The topological polar surface area (TPSA) is 101 Å². The van der Waals surface area contributed by atoms with E-state index in [-0.39, 0.29) is 23.0 Å². The molecule has 0 bridgehead atoms. The summed E-state index contributed by atoms with van der Waals surface area (Å²) in [6.45, 7) is -1.66. The first-order chi connectivity index (χ1) is 11.7. The molecule has 1 heterocycles. The third-order valence-electron chi connectivity index (χ3n) is 3.17. The van der Waals surface area contributed by atoms with Crippen LogP contribution in [0.5, 0.6) is 0 Å². The lowest BCUT2D eigenvalue weighted by Crippen LogP contribution is -2.42. The molecule has 26 heavy (non-hydrogen) atoms. The van der Waals surface area contributed by atoms with Crippen molar-refractivity contribution in [3.05, 3.63) is 47.3 Å². The highest BCUT2D eigenvalue weighted by molar-refractivity contribution is 7.94. The molecule has 0 saturated carbocycles. The predicted molar refractivity (Wildman–Crippen MR) is 99.5 cm³/mol. The number of hydrogen-bond acceptors (Lipinski definition) is 5. The number of nitrogens with two attached hydrogens (primary N) is 1. The van der Waals surface area contributed by atoms with Gasteiger partial charge in [-0.1, -0.05) is 18.2 Å². The monoisotopic (exact) mass is 425 g/mol. The highest BCUT2D eigenvalue weighted by atomic mass is 35.5. The number of nitrogens with one attached hydrogen (secondary N) is 2. The second-order valence-electron chi connectivity index (χ2n) is 5.25. The summed E-state index contributed by atoms with van der Waals surface area (Å²) in [4.78, 5) is 11.6. The number of anilines is 1. The maximum Gasteiger partial charge on any atom is 0.277 e. The summed E-state index contributed by atoms with van der Waals surface area (Å²) < 4.78 is 52.7. The van der Waals surface area contributed by atoms with Crippen molar-refractivity contribution in [1.29, 1.82) is 0 Å². The minimum absolute atomic E-state index is 0. The fourth-order valence-corrected chi connectivity index (χ4v) is 3.91. The van der Waals surface area contributed by atoms with Crippen LogP contribution in [0.1, 0.15) is 5.56 Å². The molecule has 0 radical (unpaired) electrons. The van der Waals surface area contributed by atoms with Gasteiger partial charge in [0.05, 0.1) is 19.5 Å². The summed E-state index contributed by atoms with van der Waals surface area (Å²) in [5.41, 5.74) is 5.79. The van der Waals surface area contributed by atoms with Gasteiger partial charge in [-0.05, 0) is 29.1 Å². The van der Waals surface area contributed by atoms with E-state index < -0.39 is 34.9 Å². The van der Waals surface area contributed by atoms with Gasteiger partial charge in [0.15, 0.2) is 0 Å². The molecule has 4 N–H and O–H groups in total. The van der Waals surface area contributed by atoms with Gasteiger partial charge in [0, 0.05) is 5.69 Å². The summed E-state index contributed by atoms with van der Waals surface area (Å²) in [5.74, 6) is -3.71. The van der Waals surface area contributed by atoms with E-state index in [4.69, 9.17) is 5.73 Å². The van der Waals surface area contributed by atoms with Crippen molar-refractivity contribution >= 4 is 45.4 Å². The molecule has 2 rings (SSSR count). The van der Waals surface area contributed by atoms with E-state index in [1.165, 1.54) is 18.2 Å². The van der Waals surface area contributed by atoms with Crippen molar-refractivity contribution in [2.45, 2.75) is 16.6 Å². The van der Waals surface area contributed by atoms with E-state index in [0.29, 0.717) is 11.3 Å².